The van der Waals surface area contributed by atoms with Crippen molar-refractivity contribution < 1.29 is 27.5 Å². The number of hydrogen-bond acceptors (Lipinski definition) is 7. The number of sulfonamides is 1. The van der Waals surface area contributed by atoms with Crippen LogP contribution in [0.2, 0.25) is 10.0 Å². The Kier molecular flexibility index (Phi) is 7.41. The van der Waals surface area contributed by atoms with Crippen molar-refractivity contribution in [3.05, 3.63) is 88.2 Å². The van der Waals surface area contributed by atoms with E-state index < -0.39 is 40.3 Å². The predicted molar refractivity (Wildman–Crippen MR) is 132 cm³/mol. The number of nitrogens with zero attached hydrogens (tertiary/aromatic N) is 3. The summed E-state index contributed by atoms with van der Waals surface area (Å²) in [7, 11) is -3.16. The summed E-state index contributed by atoms with van der Waals surface area (Å²) in [6.07, 6.45) is 2.60. The number of carbonyl (C=O) groups is 3. The van der Waals surface area contributed by atoms with Gasteiger partial charge in [-0.25, -0.2) is 18.1 Å². The Bertz CT molecular complexity index is 1430. The number of aromatic nitrogens is 1. The van der Waals surface area contributed by atoms with Gasteiger partial charge in [0.15, 0.2) is 0 Å². The number of amides is 2. The van der Waals surface area contributed by atoms with E-state index in [4.69, 9.17) is 23.2 Å². The lowest BCUT2D eigenvalue weighted by Gasteiger charge is -2.27. The number of esters is 1. The van der Waals surface area contributed by atoms with Gasteiger partial charge in [0, 0.05) is 24.0 Å². The normalized spacial score (nSPS) is 16.0. The monoisotopic (exact) mass is 547 g/mol. The minimum Gasteiger partial charge on any atom is -0.465 e. The van der Waals surface area contributed by atoms with Crippen LogP contribution in [0.5, 0.6) is 0 Å². The lowest BCUT2D eigenvalue weighted by molar-refractivity contribution is -0.122. The quantitative estimate of drug-likeness (QED) is 0.327. The van der Waals surface area contributed by atoms with Crippen LogP contribution in [0, 0.1) is 0 Å². The van der Waals surface area contributed by atoms with E-state index in [0.717, 1.165) is 9.21 Å². The van der Waals surface area contributed by atoms with Crippen molar-refractivity contribution in [2.24, 2.45) is 0 Å². The van der Waals surface area contributed by atoms with Crippen molar-refractivity contribution in [2.75, 3.05) is 12.0 Å². The van der Waals surface area contributed by atoms with Crippen LogP contribution in [0.25, 0.3) is 0 Å². The van der Waals surface area contributed by atoms with Crippen LogP contribution < -0.4 is 4.90 Å². The van der Waals surface area contributed by atoms with Gasteiger partial charge in [-0.05, 0) is 54.1 Å². The minimum atomic E-state index is -4.39. The summed E-state index contributed by atoms with van der Waals surface area (Å²) in [6, 6.07) is 11.6. The number of methoxy groups -OCH3 is 1. The molecule has 1 aliphatic rings. The molecule has 2 amide bonds. The fraction of sp³-hybridized carbons (Fsp3) is 0.167. The first kappa shape index (κ1) is 25.8. The van der Waals surface area contributed by atoms with Gasteiger partial charge in [-0.2, -0.15) is 4.31 Å². The molecule has 1 saturated heterocycles. The molecule has 0 aliphatic carbocycles. The van der Waals surface area contributed by atoms with E-state index in [2.05, 4.69) is 9.72 Å². The number of hydrogen-bond donors (Lipinski definition) is 0. The first-order valence-electron chi connectivity index (χ1n) is 10.5. The molecule has 1 unspecified atom stereocenters. The molecular formula is C24H19Cl2N3O6S. The molecule has 1 atom stereocenters. The maximum atomic E-state index is 13.8. The van der Waals surface area contributed by atoms with Crippen LogP contribution >= 0.6 is 23.2 Å². The summed E-state index contributed by atoms with van der Waals surface area (Å²) in [4.78, 5) is 42.8. The van der Waals surface area contributed by atoms with Gasteiger partial charge in [-0.15, -0.1) is 0 Å². The van der Waals surface area contributed by atoms with Crippen molar-refractivity contribution in [1.82, 2.24) is 9.29 Å². The zero-order chi connectivity index (χ0) is 26.0. The fourth-order valence-corrected chi connectivity index (χ4v) is 6.12. The number of ether oxygens (including phenoxy) is 1. The maximum Gasteiger partial charge on any atom is 0.337 e. The molecule has 2 heterocycles. The standard InChI is InChI=1S/C24H19Cl2N3O6S/c1-35-24(32)16-4-7-18(8-5-16)29-22(30)12-20(23(29)31)28(14-15-3-2-10-27-13-15)36(33,34)21-11-17(25)6-9-19(21)26/h2-11,13,20H,12,14H2,1H3. The van der Waals surface area contributed by atoms with Crippen molar-refractivity contribution in [3.63, 3.8) is 0 Å². The molecule has 3 aromatic rings. The lowest BCUT2D eigenvalue weighted by Crippen LogP contribution is -2.45. The second kappa shape index (κ2) is 10.4. The van der Waals surface area contributed by atoms with Crippen molar-refractivity contribution >= 4 is 56.7 Å². The smallest absolute Gasteiger partial charge is 0.337 e. The second-order valence-corrected chi connectivity index (χ2v) is 10.5. The summed E-state index contributed by atoms with van der Waals surface area (Å²) in [6.45, 7) is -0.238. The molecule has 2 aromatic carbocycles. The Hall–Kier alpha value is -3.31. The molecule has 1 fully saturated rings. The molecule has 9 nitrogen and oxygen atoms in total. The number of rotatable bonds is 7. The van der Waals surface area contributed by atoms with E-state index in [1.54, 1.807) is 12.1 Å². The Balaban J connectivity index is 1.74. The Morgan fingerprint density at radius 1 is 1.14 bits per heavy atom. The molecule has 0 saturated carbocycles. The summed E-state index contributed by atoms with van der Waals surface area (Å²) in [5.74, 6) is -1.92. The summed E-state index contributed by atoms with van der Waals surface area (Å²) >= 11 is 12.2. The van der Waals surface area contributed by atoms with Crippen LogP contribution in [0.4, 0.5) is 5.69 Å². The molecule has 0 bridgehead atoms. The highest BCUT2D eigenvalue weighted by atomic mass is 35.5. The molecule has 0 radical (unpaired) electrons. The van der Waals surface area contributed by atoms with E-state index in [0.29, 0.717) is 5.56 Å². The van der Waals surface area contributed by atoms with Crippen LogP contribution in [0.1, 0.15) is 22.3 Å². The van der Waals surface area contributed by atoms with Gasteiger partial charge < -0.3 is 4.74 Å². The highest BCUT2D eigenvalue weighted by molar-refractivity contribution is 7.89. The predicted octanol–water partition coefficient (Wildman–Crippen LogP) is 3.70. The number of pyridine rings is 1. The number of anilines is 1. The van der Waals surface area contributed by atoms with Gasteiger partial charge in [-0.3, -0.25) is 14.6 Å². The van der Waals surface area contributed by atoms with E-state index in [9.17, 15) is 22.8 Å². The third kappa shape index (κ3) is 4.98. The van der Waals surface area contributed by atoms with E-state index in [1.807, 2.05) is 0 Å². The third-order valence-corrected chi connectivity index (χ3v) is 8.13. The van der Waals surface area contributed by atoms with Gasteiger partial charge >= 0.3 is 5.97 Å². The number of imide groups is 1. The zero-order valence-electron chi connectivity index (χ0n) is 18.8. The summed E-state index contributed by atoms with van der Waals surface area (Å²) < 4.78 is 33.1. The van der Waals surface area contributed by atoms with Crippen LogP contribution in [-0.4, -0.2) is 48.6 Å². The average Bonchev–Trinajstić information content (AvgIpc) is 3.17. The Morgan fingerprint density at radius 3 is 2.50 bits per heavy atom. The topological polar surface area (TPSA) is 114 Å². The van der Waals surface area contributed by atoms with Gasteiger partial charge in [0.2, 0.25) is 15.9 Å². The van der Waals surface area contributed by atoms with Gasteiger partial charge in [0.25, 0.3) is 5.91 Å². The molecule has 0 spiro atoms. The van der Waals surface area contributed by atoms with E-state index in [-0.39, 0.29) is 32.7 Å². The molecule has 36 heavy (non-hydrogen) atoms. The third-order valence-electron chi connectivity index (χ3n) is 5.56. The van der Waals surface area contributed by atoms with Crippen LogP contribution in [-0.2, 0) is 30.9 Å². The van der Waals surface area contributed by atoms with Gasteiger partial charge in [0.1, 0.15) is 10.9 Å². The number of halogens is 2. The first-order chi connectivity index (χ1) is 17.1. The SMILES string of the molecule is COC(=O)c1ccc(N2C(=O)CC(N(Cc3cccnc3)S(=O)(=O)c3cc(Cl)ccc3Cl)C2=O)cc1. The molecule has 186 valence electrons. The minimum absolute atomic E-state index is 0.0809. The first-order valence-corrected chi connectivity index (χ1v) is 12.7. The van der Waals surface area contributed by atoms with Crippen molar-refractivity contribution in [3.8, 4) is 0 Å². The molecule has 0 N–H and O–H groups in total. The molecule has 4 rings (SSSR count). The average molecular weight is 548 g/mol. The van der Waals surface area contributed by atoms with Crippen LogP contribution in [0.3, 0.4) is 0 Å². The van der Waals surface area contributed by atoms with E-state index >= 15 is 0 Å². The highest BCUT2D eigenvalue weighted by Gasteiger charge is 2.47. The van der Waals surface area contributed by atoms with Crippen molar-refractivity contribution in [1.29, 1.82) is 0 Å². The molecular weight excluding hydrogens is 529 g/mol. The number of benzene rings is 2. The lowest BCUT2D eigenvalue weighted by atomic mass is 10.2. The highest BCUT2D eigenvalue weighted by Crippen LogP contribution is 2.34. The second-order valence-electron chi connectivity index (χ2n) is 7.81. The Labute approximate surface area is 217 Å². The Morgan fingerprint density at radius 2 is 1.86 bits per heavy atom. The summed E-state index contributed by atoms with van der Waals surface area (Å²) in [5.41, 5.74) is 0.924. The van der Waals surface area contributed by atoms with Gasteiger partial charge in [-0.1, -0.05) is 29.3 Å². The van der Waals surface area contributed by atoms with Crippen molar-refractivity contribution in [2.45, 2.75) is 23.9 Å². The molecule has 1 aromatic heterocycles. The largest absolute Gasteiger partial charge is 0.465 e. The van der Waals surface area contributed by atoms with E-state index in [1.165, 1.54) is 62.0 Å². The van der Waals surface area contributed by atoms with Crippen LogP contribution in [0.15, 0.2) is 71.9 Å². The number of carbonyl (C=O) groups excluding carboxylic acids is 3. The summed E-state index contributed by atoms with van der Waals surface area (Å²) in [5, 5.41) is 0.0584. The molecule has 1 aliphatic heterocycles. The maximum absolute atomic E-state index is 13.8. The van der Waals surface area contributed by atoms with Gasteiger partial charge in [0.05, 0.1) is 29.8 Å². The zero-order valence-corrected chi connectivity index (χ0v) is 21.1. The fourth-order valence-electron chi connectivity index (χ4n) is 3.81. The molecule has 12 heteroatoms.